The zero-order valence-corrected chi connectivity index (χ0v) is 19.3. The van der Waals surface area contributed by atoms with Gasteiger partial charge in [0.2, 0.25) is 0 Å². The van der Waals surface area contributed by atoms with Gasteiger partial charge in [0, 0.05) is 18.2 Å². The van der Waals surface area contributed by atoms with Crippen LogP contribution in [0, 0.1) is 11.3 Å². The summed E-state index contributed by atoms with van der Waals surface area (Å²) in [7, 11) is 0. The molecule has 0 saturated carbocycles. The second-order valence-corrected chi connectivity index (χ2v) is 8.35. The Labute approximate surface area is 199 Å². The van der Waals surface area contributed by atoms with Crippen LogP contribution in [0.2, 0.25) is 0 Å². The normalized spacial score (nSPS) is 12.5. The Hall–Kier alpha value is -3.98. The largest absolute Gasteiger partial charge is 0.477 e. The second-order valence-electron chi connectivity index (χ2n) is 8.35. The van der Waals surface area contributed by atoms with Crippen molar-refractivity contribution in [2.45, 2.75) is 45.4 Å². The number of anilines is 2. The lowest BCUT2D eigenvalue weighted by Gasteiger charge is -2.33. The average molecular weight is 457 g/mol. The molecule has 0 saturated heterocycles. The quantitative estimate of drug-likeness (QED) is 0.193. The van der Waals surface area contributed by atoms with Gasteiger partial charge in [-0.1, -0.05) is 51.2 Å². The van der Waals surface area contributed by atoms with E-state index in [9.17, 15) is 4.79 Å². The van der Waals surface area contributed by atoms with Crippen LogP contribution in [0.5, 0.6) is 11.5 Å². The van der Waals surface area contributed by atoms with E-state index in [0.29, 0.717) is 11.5 Å². The molecule has 1 aromatic heterocycles. The molecule has 0 fully saturated rings. The molecular weight excluding hydrogens is 428 g/mol. The molecule has 2 aromatic carbocycles. The summed E-state index contributed by atoms with van der Waals surface area (Å²) >= 11 is 0. The maximum atomic E-state index is 11.1. The van der Waals surface area contributed by atoms with Gasteiger partial charge in [-0.2, -0.15) is 5.26 Å². The van der Waals surface area contributed by atoms with Crippen molar-refractivity contribution in [1.29, 1.82) is 5.26 Å². The van der Waals surface area contributed by atoms with Crippen molar-refractivity contribution in [3.8, 4) is 28.9 Å². The standard InChI is InChI=1S/C28H28N2O4/c1-2-3-4-5-6-9-16-30-23-10-7-8-11-26(23)34-27-18-20(12-14-24(27)30)25-15-13-22(33-25)17-21(19-29)28(31)32/h7-8,10-15,17-18H,2-6,9,16H2,1H3,(H,31,32)/b21-17-. The van der Waals surface area contributed by atoms with Crippen LogP contribution in [0.1, 0.15) is 51.2 Å². The molecule has 34 heavy (non-hydrogen) atoms. The molecule has 0 spiro atoms. The Morgan fingerprint density at radius 1 is 1.00 bits per heavy atom. The zero-order chi connectivity index (χ0) is 23.9. The molecule has 174 valence electrons. The Morgan fingerprint density at radius 3 is 2.56 bits per heavy atom. The van der Waals surface area contributed by atoms with E-state index in [-0.39, 0.29) is 5.57 Å². The van der Waals surface area contributed by atoms with Gasteiger partial charge in [-0.25, -0.2) is 4.79 Å². The monoisotopic (exact) mass is 456 g/mol. The molecule has 3 aromatic rings. The summed E-state index contributed by atoms with van der Waals surface area (Å²) in [5.74, 6) is 1.16. The number of carboxylic acid groups (broad SMARTS) is 1. The van der Waals surface area contributed by atoms with E-state index in [1.54, 1.807) is 18.2 Å². The van der Waals surface area contributed by atoms with Crippen molar-refractivity contribution in [3.05, 3.63) is 65.9 Å². The number of furan rings is 1. The fourth-order valence-corrected chi connectivity index (χ4v) is 4.15. The zero-order valence-electron chi connectivity index (χ0n) is 19.3. The first kappa shape index (κ1) is 23.2. The number of aliphatic carboxylic acids is 1. The minimum atomic E-state index is -1.29. The first-order valence-corrected chi connectivity index (χ1v) is 11.7. The number of nitriles is 1. The summed E-state index contributed by atoms with van der Waals surface area (Å²) in [6.07, 6.45) is 8.63. The molecule has 0 unspecified atom stereocenters. The number of carboxylic acids is 1. The van der Waals surface area contributed by atoms with Crippen molar-refractivity contribution < 1.29 is 19.1 Å². The number of benzene rings is 2. The molecular formula is C28H28N2O4. The van der Waals surface area contributed by atoms with Gasteiger partial charge in [-0.15, -0.1) is 0 Å². The summed E-state index contributed by atoms with van der Waals surface area (Å²) in [6.45, 7) is 3.15. The van der Waals surface area contributed by atoms with Crippen molar-refractivity contribution in [1.82, 2.24) is 0 Å². The van der Waals surface area contributed by atoms with E-state index in [1.807, 2.05) is 36.4 Å². The highest BCUT2D eigenvalue weighted by Gasteiger charge is 2.24. The van der Waals surface area contributed by atoms with Crippen LogP contribution in [0.4, 0.5) is 11.4 Å². The summed E-state index contributed by atoms with van der Waals surface area (Å²) in [6, 6.07) is 19.1. The van der Waals surface area contributed by atoms with Gasteiger partial charge < -0.3 is 19.2 Å². The summed E-state index contributed by atoms with van der Waals surface area (Å²) in [5.41, 5.74) is 2.52. The molecule has 0 radical (unpaired) electrons. The van der Waals surface area contributed by atoms with Crippen LogP contribution in [0.3, 0.4) is 0 Å². The number of unbranched alkanes of at least 4 members (excludes halogenated alkanes) is 5. The average Bonchev–Trinajstić information content (AvgIpc) is 3.32. The van der Waals surface area contributed by atoms with Gasteiger partial charge in [0.05, 0.1) is 11.4 Å². The number of rotatable bonds is 10. The minimum Gasteiger partial charge on any atom is -0.477 e. The van der Waals surface area contributed by atoms with Gasteiger partial charge in [-0.3, -0.25) is 0 Å². The van der Waals surface area contributed by atoms with Crippen molar-refractivity contribution in [2.75, 3.05) is 11.4 Å². The van der Waals surface area contributed by atoms with Gasteiger partial charge in [-0.05, 0) is 48.9 Å². The van der Waals surface area contributed by atoms with Gasteiger partial charge in [0.25, 0.3) is 0 Å². The SMILES string of the molecule is CCCCCCCCN1c2ccccc2Oc2cc(-c3ccc(/C=C(/C#N)C(=O)O)o3)ccc21. The molecule has 6 nitrogen and oxygen atoms in total. The predicted molar refractivity (Wildman–Crippen MR) is 132 cm³/mol. The molecule has 1 aliphatic heterocycles. The Morgan fingerprint density at radius 2 is 1.76 bits per heavy atom. The number of nitrogens with zero attached hydrogens (tertiary/aromatic N) is 2. The highest BCUT2D eigenvalue weighted by molar-refractivity contribution is 5.96. The minimum absolute atomic E-state index is 0.308. The van der Waals surface area contributed by atoms with E-state index in [4.69, 9.17) is 19.5 Å². The molecule has 1 aliphatic rings. The highest BCUT2D eigenvalue weighted by atomic mass is 16.5. The van der Waals surface area contributed by atoms with Crippen molar-refractivity contribution in [3.63, 3.8) is 0 Å². The van der Waals surface area contributed by atoms with Crippen LogP contribution in [-0.4, -0.2) is 17.6 Å². The van der Waals surface area contributed by atoms with Crippen molar-refractivity contribution in [2.24, 2.45) is 0 Å². The van der Waals surface area contributed by atoms with Crippen LogP contribution in [-0.2, 0) is 4.79 Å². The van der Waals surface area contributed by atoms with Gasteiger partial charge in [0.15, 0.2) is 11.5 Å². The van der Waals surface area contributed by atoms with Crippen LogP contribution >= 0.6 is 0 Å². The van der Waals surface area contributed by atoms with Crippen molar-refractivity contribution >= 4 is 23.4 Å². The molecule has 0 amide bonds. The first-order chi connectivity index (χ1) is 16.6. The number of para-hydroxylation sites is 2. The number of ether oxygens (including phenoxy) is 1. The lowest BCUT2D eigenvalue weighted by Crippen LogP contribution is -2.22. The van der Waals surface area contributed by atoms with E-state index in [0.717, 1.165) is 41.4 Å². The number of hydrogen-bond acceptors (Lipinski definition) is 5. The second kappa shape index (κ2) is 10.8. The van der Waals surface area contributed by atoms with Gasteiger partial charge >= 0.3 is 5.97 Å². The van der Waals surface area contributed by atoms with E-state index in [2.05, 4.69) is 17.9 Å². The summed E-state index contributed by atoms with van der Waals surface area (Å²) < 4.78 is 12.0. The maximum absolute atomic E-state index is 11.1. The molecule has 1 N–H and O–H groups in total. The molecule has 0 aliphatic carbocycles. The molecule has 6 heteroatoms. The van der Waals surface area contributed by atoms with E-state index < -0.39 is 5.97 Å². The fraction of sp³-hybridized carbons (Fsp3) is 0.286. The summed E-state index contributed by atoms with van der Waals surface area (Å²) in [5, 5.41) is 18.0. The first-order valence-electron chi connectivity index (χ1n) is 11.7. The van der Waals surface area contributed by atoms with Crippen LogP contribution in [0.15, 0.2) is 64.6 Å². The third kappa shape index (κ3) is 5.15. The molecule has 2 heterocycles. The Bertz CT molecular complexity index is 1240. The highest BCUT2D eigenvalue weighted by Crippen LogP contribution is 2.47. The third-order valence-electron chi connectivity index (χ3n) is 5.91. The lowest BCUT2D eigenvalue weighted by molar-refractivity contribution is -0.132. The fourth-order valence-electron chi connectivity index (χ4n) is 4.15. The number of carbonyl (C=O) groups is 1. The maximum Gasteiger partial charge on any atom is 0.346 e. The third-order valence-corrected chi connectivity index (χ3v) is 5.91. The predicted octanol–water partition coefficient (Wildman–Crippen LogP) is 7.54. The molecule has 4 rings (SSSR count). The van der Waals surface area contributed by atoms with Crippen LogP contribution in [0.25, 0.3) is 17.4 Å². The topological polar surface area (TPSA) is 86.7 Å². The smallest absolute Gasteiger partial charge is 0.346 e. The number of fused-ring (bicyclic) bond motifs is 2. The molecule has 0 atom stereocenters. The lowest BCUT2D eigenvalue weighted by atomic mass is 10.1. The van der Waals surface area contributed by atoms with Gasteiger partial charge in [0.1, 0.15) is 23.2 Å². The number of hydrogen-bond donors (Lipinski definition) is 1. The summed E-state index contributed by atoms with van der Waals surface area (Å²) in [4.78, 5) is 13.4. The van der Waals surface area contributed by atoms with E-state index in [1.165, 1.54) is 38.2 Å². The van der Waals surface area contributed by atoms with E-state index >= 15 is 0 Å². The van der Waals surface area contributed by atoms with Crippen LogP contribution < -0.4 is 9.64 Å². The molecule has 0 bridgehead atoms. The Balaban J connectivity index is 1.57. The Kier molecular flexibility index (Phi) is 7.34.